The summed E-state index contributed by atoms with van der Waals surface area (Å²) in [5.41, 5.74) is 1.33. The van der Waals surface area contributed by atoms with Crippen molar-refractivity contribution in [1.29, 1.82) is 0 Å². The highest BCUT2D eigenvalue weighted by Gasteiger charge is 2.04. The van der Waals surface area contributed by atoms with Crippen LogP contribution in [0.15, 0.2) is 30.3 Å². The molecule has 0 fully saturated rings. The van der Waals surface area contributed by atoms with Crippen LogP contribution < -0.4 is 0 Å². The van der Waals surface area contributed by atoms with Gasteiger partial charge in [-0.1, -0.05) is 49.9 Å². The summed E-state index contributed by atoms with van der Waals surface area (Å²) < 4.78 is 5.45. The molecule has 0 saturated carbocycles. The van der Waals surface area contributed by atoms with Gasteiger partial charge in [0.25, 0.3) is 0 Å². The maximum absolute atomic E-state index is 5.13. The van der Waals surface area contributed by atoms with E-state index in [1.807, 2.05) is 6.07 Å². The van der Waals surface area contributed by atoms with Crippen molar-refractivity contribution in [3.63, 3.8) is 0 Å². The second-order valence-corrected chi connectivity index (χ2v) is 4.29. The summed E-state index contributed by atoms with van der Waals surface area (Å²) in [6, 6.07) is 10.4. The van der Waals surface area contributed by atoms with Gasteiger partial charge in [0, 0.05) is 0 Å². The second-order valence-electron chi connectivity index (χ2n) is 3.21. The van der Waals surface area contributed by atoms with Gasteiger partial charge in [-0.05, 0) is 30.1 Å². The predicted octanol–water partition coefficient (Wildman–Crippen LogP) is 3.41. The third-order valence-corrected chi connectivity index (χ3v) is 2.39. The summed E-state index contributed by atoms with van der Waals surface area (Å²) in [6.45, 7) is 2.82. The average molecular weight is 226 g/mol. The summed E-state index contributed by atoms with van der Waals surface area (Å²) in [6.07, 6.45) is 0.963. The van der Waals surface area contributed by atoms with E-state index < -0.39 is 0 Å². The highest BCUT2D eigenvalue weighted by molar-refractivity contribution is 8.10. The van der Waals surface area contributed by atoms with Crippen molar-refractivity contribution in [3.05, 3.63) is 35.9 Å². The van der Waals surface area contributed by atoms with Crippen molar-refractivity contribution in [1.82, 2.24) is 0 Å². The minimum absolute atomic E-state index is 0.324. The van der Waals surface area contributed by atoms with Gasteiger partial charge in [0.2, 0.25) is 4.38 Å². The van der Waals surface area contributed by atoms with Gasteiger partial charge in [0.05, 0.1) is 6.61 Å². The summed E-state index contributed by atoms with van der Waals surface area (Å²) in [4.78, 5) is 0. The summed E-state index contributed by atoms with van der Waals surface area (Å²) in [5.74, 6) is 0.499. The lowest BCUT2D eigenvalue weighted by atomic mass is 9.98. The van der Waals surface area contributed by atoms with Gasteiger partial charge in [0.15, 0.2) is 0 Å². The third-order valence-electron chi connectivity index (χ3n) is 2.15. The first-order valence-electron chi connectivity index (χ1n) is 4.61. The second kappa shape index (κ2) is 6.04. The van der Waals surface area contributed by atoms with Gasteiger partial charge < -0.3 is 4.74 Å². The molecule has 0 aliphatic rings. The van der Waals surface area contributed by atoms with Gasteiger partial charge in [0.1, 0.15) is 0 Å². The van der Waals surface area contributed by atoms with Crippen molar-refractivity contribution < 1.29 is 4.74 Å². The normalized spacial score (nSPS) is 12.1. The van der Waals surface area contributed by atoms with Gasteiger partial charge >= 0.3 is 0 Å². The third kappa shape index (κ3) is 4.11. The van der Waals surface area contributed by atoms with E-state index in [0.717, 1.165) is 6.42 Å². The molecule has 0 spiro atoms. The van der Waals surface area contributed by atoms with Crippen LogP contribution in [0.2, 0.25) is 0 Å². The van der Waals surface area contributed by atoms with Crippen molar-refractivity contribution in [3.8, 4) is 0 Å². The van der Waals surface area contributed by atoms with Crippen LogP contribution in [0.4, 0.5) is 0 Å². The predicted molar refractivity (Wildman–Crippen MR) is 67.0 cm³/mol. The molecule has 1 rings (SSSR count). The van der Waals surface area contributed by atoms with Gasteiger partial charge in [-0.25, -0.2) is 0 Å². The fourth-order valence-corrected chi connectivity index (χ4v) is 1.45. The molecule has 0 bridgehead atoms. The van der Waals surface area contributed by atoms with E-state index in [-0.39, 0.29) is 0 Å². The first-order valence-corrected chi connectivity index (χ1v) is 5.46. The Morgan fingerprint density at radius 3 is 2.64 bits per heavy atom. The zero-order chi connectivity index (χ0) is 10.4. The molecule has 0 aliphatic heterocycles. The van der Waals surface area contributed by atoms with Crippen LogP contribution in [0.5, 0.6) is 0 Å². The van der Waals surface area contributed by atoms with Crippen LogP contribution in [0.3, 0.4) is 0 Å². The number of hydrogen-bond donors (Lipinski definition) is 1. The van der Waals surface area contributed by atoms with Crippen LogP contribution in [0.1, 0.15) is 24.8 Å². The highest BCUT2D eigenvalue weighted by Crippen LogP contribution is 2.18. The topological polar surface area (TPSA) is 9.23 Å². The Hall–Kier alpha value is -0.540. The lowest BCUT2D eigenvalue weighted by Crippen LogP contribution is -2.02. The monoisotopic (exact) mass is 226 g/mol. The summed E-state index contributed by atoms with van der Waals surface area (Å²) >= 11 is 8.60. The Morgan fingerprint density at radius 2 is 2.07 bits per heavy atom. The molecule has 1 nitrogen and oxygen atoms in total. The lowest BCUT2D eigenvalue weighted by molar-refractivity contribution is 0.304. The van der Waals surface area contributed by atoms with E-state index in [1.54, 1.807) is 0 Å². The SMILES string of the molecule is CC(CCOC(=S)S)c1ccccc1. The average Bonchev–Trinajstić information content (AvgIpc) is 2.18. The van der Waals surface area contributed by atoms with Gasteiger partial charge in [-0.3, -0.25) is 0 Å². The molecule has 0 amide bonds. The number of thiocarbonyl (C=S) groups is 1. The zero-order valence-corrected chi connectivity index (χ0v) is 9.85. The molecule has 76 valence electrons. The summed E-state index contributed by atoms with van der Waals surface area (Å²) in [5, 5.41) is 0. The van der Waals surface area contributed by atoms with E-state index in [2.05, 4.69) is 43.8 Å². The van der Waals surface area contributed by atoms with Crippen LogP contribution in [-0.4, -0.2) is 11.0 Å². The fraction of sp³-hybridized carbons (Fsp3) is 0.364. The Bertz CT molecular complexity index is 285. The van der Waals surface area contributed by atoms with Crippen molar-refractivity contribution in [2.75, 3.05) is 6.61 Å². The van der Waals surface area contributed by atoms with Gasteiger partial charge in [-0.15, -0.1) is 0 Å². The Kier molecular flexibility index (Phi) is 4.98. The molecular formula is C11H14OS2. The molecule has 0 saturated heterocycles. The minimum Gasteiger partial charge on any atom is -0.479 e. The lowest BCUT2D eigenvalue weighted by Gasteiger charge is -2.11. The first-order chi connectivity index (χ1) is 6.70. The van der Waals surface area contributed by atoms with Crippen LogP contribution in [0, 0.1) is 0 Å². The molecule has 0 aliphatic carbocycles. The Balaban J connectivity index is 2.36. The number of thiol groups is 1. The first kappa shape index (κ1) is 11.5. The molecule has 1 unspecified atom stereocenters. The largest absolute Gasteiger partial charge is 0.479 e. The molecule has 0 N–H and O–H groups in total. The molecule has 1 aromatic rings. The zero-order valence-electron chi connectivity index (χ0n) is 8.14. The molecule has 1 aromatic carbocycles. The van der Waals surface area contributed by atoms with E-state index in [9.17, 15) is 0 Å². The Labute approximate surface area is 95.9 Å². The molecular weight excluding hydrogens is 212 g/mol. The maximum Gasteiger partial charge on any atom is 0.216 e. The van der Waals surface area contributed by atoms with Crippen molar-refractivity contribution in [2.45, 2.75) is 19.3 Å². The molecule has 0 radical (unpaired) electrons. The number of rotatable bonds is 4. The molecule has 1 atom stereocenters. The Morgan fingerprint density at radius 1 is 1.43 bits per heavy atom. The number of benzene rings is 1. The van der Waals surface area contributed by atoms with E-state index in [4.69, 9.17) is 17.0 Å². The van der Waals surface area contributed by atoms with Crippen molar-refractivity contribution >= 4 is 29.2 Å². The van der Waals surface area contributed by atoms with Gasteiger partial charge in [-0.2, -0.15) is 0 Å². The van der Waals surface area contributed by atoms with Crippen LogP contribution in [-0.2, 0) is 4.74 Å². The van der Waals surface area contributed by atoms with Crippen molar-refractivity contribution in [2.24, 2.45) is 0 Å². The number of ether oxygens (including phenoxy) is 1. The molecule has 0 aromatic heterocycles. The number of hydrogen-bond acceptors (Lipinski definition) is 2. The standard InChI is InChI=1S/C11H14OS2/c1-9(7-8-12-11(13)14)10-5-3-2-4-6-10/h2-6,9H,7-8H2,1H3,(H,13,14). The van der Waals surface area contributed by atoms with E-state index in [1.165, 1.54) is 5.56 Å². The maximum atomic E-state index is 5.13. The summed E-state index contributed by atoms with van der Waals surface area (Å²) in [7, 11) is 0. The molecule has 0 heterocycles. The van der Waals surface area contributed by atoms with Crippen LogP contribution >= 0.6 is 24.8 Å². The van der Waals surface area contributed by atoms with E-state index in [0.29, 0.717) is 16.9 Å². The molecule has 3 heteroatoms. The van der Waals surface area contributed by atoms with Crippen LogP contribution in [0.25, 0.3) is 0 Å². The molecule has 14 heavy (non-hydrogen) atoms. The minimum atomic E-state index is 0.324. The van der Waals surface area contributed by atoms with E-state index >= 15 is 0 Å². The quantitative estimate of drug-likeness (QED) is 0.622. The smallest absolute Gasteiger partial charge is 0.216 e. The highest BCUT2D eigenvalue weighted by atomic mass is 32.1. The fourth-order valence-electron chi connectivity index (χ4n) is 1.27.